The third-order valence-corrected chi connectivity index (χ3v) is 4.57. The number of rotatable bonds is 4. The molecule has 0 aliphatic heterocycles. The Labute approximate surface area is 111 Å². The van der Waals surface area contributed by atoms with Crippen LogP contribution in [0, 0.1) is 12.7 Å². The minimum Gasteiger partial charge on any atom is -0.310 e. The molecule has 1 saturated carbocycles. The maximum absolute atomic E-state index is 13.2. The molecule has 0 spiro atoms. The molecule has 1 fully saturated rings. The fourth-order valence-corrected chi connectivity index (χ4v) is 3.17. The van der Waals surface area contributed by atoms with Gasteiger partial charge in [-0.15, -0.1) is 11.3 Å². The Morgan fingerprint density at radius 3 is 2.94 bits per heavy atom. The van der Waals surface area contributed by atoms with Crippen LogP contribution in [0.4, 0.5) is 4.39 Å². The van der Waals surface area contributed by atoms with E-state index in [-0.39, 0.29) is 5.82 Å². The topological polar surface area (TPSA) is 12.0 Å². The lowest BCUT2D eigenvalue weighted by atomic mass is 10.1. The molecule has 1 aliphatic rings. The maximum Gasteiger partial charge on any atom is 0.123 e. The van der Waals surface area contributed by atoms with Gasteiger partial charge in [0, 0.05) is 17.5 Å². The smallest absolute Gasteiger partial charge is 0.123 e. The number of hydrogen-bond acceptors (Lipinski definition) is 2. The van der Waals surface area contributed by atoms with Gasteiger partial charge < -0.3 is 5.32 Å². The Morgan fingerprint density at radius 2 is 2.22 bits per heavy atom. The zero-order valence-electron chi connectivity index (χ0n) is 10.4. The molecule has 3 rings (SSSR count). The summed E-state index contributed by atoms with van der Waals surface area (Å²) in [5, 5.41) is 5.71. The van der Waals surface area contributed by atoms with Crippen molar-refractivity contribution in [3.63, 3.8) is 0 Å². The van der Waals surface area contributed by atoms with Gasteiger partial charge in [0.2, 0.25) is 0 Å². The number of benzene rings is 1. The predicted molar refractivity (Wildman–Crippen MR) is 74.3 cm³/mol. The van der Waals surface area contributed by atoms with Crippen LogP contribution in [0.5, 0.6) is 0 Å². The van der Waals surface area contributed by atoms with Crippen molar-refractivity contribution >= 4 is 11.3 Å². The van der Waals surface area contributed by atoms with E-state index in [0.29, 0.717) is 0 Å². The van der Waals surface area contributed by atoms with Crippen molar-refractivity contribution in [1.29, 1.82) is 0 Å². The molecule has 2 aromatic rings. The van der Waals surface area contributed by atoms with Crippen LogP contribution in [0.25, 0.3) is 10.4 Å². The second-order valence-electron chi connectivity index (χ2n) is 4.88. The van der Waals surface area contributed by atoms with Crippen LogP contribution in [0.3, 0.4) is 0 Å². The predicted octanol–water partition coefficient (Wildman–Crippen LogP) is 4.11. The van der Waals surface area contributed by atoms with Crippen LogP contribution in [-0.4, -0.2) is 6.04 Å². The first-order valence-electron chi connectivity index (χ1n) is 6.30. The lowest BCUT2D eigenvalue weighted by Crippen LogP contribution is -2.15. The molecule has 1 nitrogen and oxygen atoms in total. The Balaban J connectivity index is 1.83. The van der Waals surface area contributed by atoms with Crippen LogP contribution < -0.4 is 5.32 Å². The van der Waals surface area contributed by atoms with Gasteiger partial charge in [0.1, 0.15) is 5.82 Å². The quantitative estimate of drug-likeness (QED) is 0.873. The number of nitrogens with one attached hydrogen (secondary N) is 1. The van der Waals surface area contributed by atoms with Crippen molar-refractivity contribution in [3.8, 4) is 10.4 Å². The third kappa shape index (κ3) is 2.47. The summed E-state index contributed by atoms with van der Waals surface area (Å²) in [6, 6.07) is 7.56. The summed E-state index contributed by atoms with van der Waals surface area (Å²) in [6.07, 6.45) is 2.61. The van der Waals surface area contributed by atoms with Gasteiger partial charge in [0.25, 0.3) is 0 Å². The standard InChI is InChI=1S/C15H16FNS/c1-10-12(8-17-14-5-6-14)9-18-15(10)11-3-2-4-13(16)7-11/h2-4,7,9,14,17H,5-6,8H2,1H3. The summed E-state index contributed by atoms with van der Waals surface area (Å²) in [7, 11) is 0. The molecular formula is C15H16FNS. The molecule has 18 heavy (non-hydrogen) atoms. The highest BCUT2D eigenvalue weighted by molar-refractivity contribution is 7.14. The highest BCUT2D eigenvalue weighted by Crippen LogP contribution is 2.33. The fraction of sp³-hybridized carbons (Fsp3) is 0.333. The molecule has 1 aliphatic carbocycles. The number of halogens is 1. The average molecular weight is 261 g/mol. The monoisotopic (exact) mass is 261 g/mol. The first-order chi connectivity index (χ1) is 8.74. The van der Waals surface area contributed by atoms with E-state index in [4.69, 9.17) is 0 Å². The molecule has 1 heterocycles. The minimum absolute atomic E-state index is 0.169. The summed E-state index contributed by atoms with van der Waals surface area (Å²) in [6.45, 7) is 3.06. The van der Waals surface area contributed by atoms with Crippen molar-refractivity contribution in [2.45, 2.75) is 32.4 Å². The fourth-order valence-electron chi connectivity index (χ4n) is 2.08. The van der Waals surface area contributed by atoms with Gasteiger partial charge in [-0.25, -0.2) is 4.39 Å². The average Bonchev–Trinajstić information content (AvgIpc) is 3.11. The van der Waals surface area contributed by atoms with Crippen molar-refractivity contribution in [3.05, 3.63) is 46.6 Å². The molecule has 1 aromatic carbocycles. The Kier molecular flexibility index (Phi) is 3.18. The summed E-state index contributed by atoms with van der Waals surface area (Å²) < 4.78 is 13.2. The summed E-state index contributed by atoms with van der Waals surface area (Å²) in [5.41, 5.74) is 3.60. The molecule has 1 N–H and O–H groups in total. The van der Waals surface area contributed by atoms with Crippen LogP contribution in [-0.2, 0) is 6.54 Å². The van der Waals surface area contributed by atoms with E-state index in [0.717, 1.165) is 18.2 Å². The van der Waals surface area contributed by atoms with Gasteiger partial charge in [-0.2, -0.15) is 0 Å². The van der Waals surface area contributed by atoms with E-state index < -0.39 is 0 Å². The van der Waals surface area contributed by atoms with Crippen LogP contribution in [0.15, 0.2) is 29.6 Å². The largest absolute Gasteiger partial charge is 0.310 e. The summed E-state index contributed by atoms with van der Waals surface area (Å²) >= 11 is 1.70. The van der Waals surface area contributed by atoms with Crippen molar-refractivity contribution in [2.24, 2.45) is 0 Å². The van der Waals surface area contributed by atoms with Gasteiger partial charge in [0.05, 0.1) is 0 Å². The van der Waals surface area contributed by atoms with Gasteiger partial charge >= 0.3 is 0 Å². The van der Waals surface area contributed by atoms with E-state index in [1.54, 1.807) is 23.5 Å². The molecule has 0 amide bonds. The SMILES string of the molecule is Cc1c(CNC2CC2)csc1-c1cccc(F)c1. The third-order valence-electron chi connectivity index (χ3n) is 3.39. The molecule has 0 bridgehead atoms. The van der Waals surface area contributed by atoms with E-state index in [1.165, 1.54) is 34.9 Å². The van der Waals surface area contributed by atoms with Crippen LogP contribution >= 0.6 is 11.3 Å². The van der Waals surface area contributed by atoms with Crippen LogP contribution in [0.2, 0.25) is 0 Å². The van der Waals surface area contributed by atoms with Crippen molar-refractivity contribution in [1.82, 2.24) is 5.32 Å². The second kappa shape index (κ2) is 4.82. The number of thiophene rings is 1. The minimum atomic E-state index is -0.169. The molecular weight excluding hydrogens is 245 g/mol. The van der Waals surface area contributed by atoms with E-state index in [1.807, 2.05) is 6.07 Å². The summed E-state index contributed by atoms with van der Waals surface area (Å²) in [4.78, 5) is 1.18. The lowest BCUT2D eigenvalue weighted by molar-refractivity contribution is 0.628. The molecule has 0 atom stereocenters. The van der Waals surface area contributed by atoms with Gasteiger partial charge in [-0.3, -0.25) is 0 Å². The zero-order chi connectivity index (χ0) is 12.5. The van der Waals surface area contributed by atoms with Crippen LogP contribution in [0.1, 0.15) is 24.0 Å². The Morgan fingerprint density at radius 1 is 1.39 bits per heavy atom. The highest BCUT2D eigenvalue weighted by Gasteiger charge is 2.20. The molecule has 3 heteroatoms. The van der Waals surface area contributed by atoms with Gasteiger partial charge in [-0.1, -0.05) is 12.1 Å². The lowest BCUT2D eigenvalue weighted by Gasteiger charge is -2.04. The molecule has 0 saturated heterocycles. The first-order valence-corrected chi connectivity index (χ1v) is 7.18. The molecule has 0 unspecified atom stereocenters. The second-order valence-corrected chi connectivity index (χ2v) is 5.76. The first kappa shape index (κ1) is 11.9. The molecule has 0 radical (unpaired) electrons. The van der Waals surface area contributed by atoms with E-state index in [2.05, 4.69) is 17.6 Å². The molecule has 94 valence electrons. The summed E-state index contributed by atoms with van der Waals surface area (Å²) in [5.74, 6) is -0.169. The normalized spacial score (nSPS) is 15.0. The number of hydrogen-bond donors (Lipinski definition) is 1. The van der Waals surface area contributed by atoms with E-state index in [9.17, 15) is 4.39 Å². The van der Waals surface area contributed by atoms with Crippen molar-refractivity contribution < 1.29 is 4.39 Å². The zero-order valence-corrected chi connectivity index (χ0v) is 11.2. The molecule has 1 aromatic heterocycles. The Bertz CT molecular complexity index is 557. The van der Waals surface area contributed by atoms with Crippen molar-refractivity contribution in [2.75, 3.05) is 0 Å². The highest BCUT2D eigenvalue weighted by atomic mass is 32.1. The maximum atomic E-state index is 13.2. The Hall–Kier alpha value is -1.19. The van der Waals surface area contributed by atoms with Gasteiger partial charge in [0.15, 0.2) is 0 Å². The van der Waals surface area contributed by atoms with Gasteiger partial charge in [-0.05, 0) is 54.0 Å². The van der Waals surface area contributed by atoms with E-state index >= 15 is 0 Å².